The number of carbonyl (C=O) groups excluding carboxylic acids is 1. The van der Waals surface area contributed by atoms with Crippen LogP contribution in [0.4, 0.5) is 0 Å². The van der Waals surface area contributed by atoms with Crippen molar-refractivity contribution < 1.29 is 14.3 Å². The third-order valence-electron chi connectivity index (χ3n) is 4.05. The van der Waals surface area contributed by atoms with Gasteiger partial charge in [0.1, 0.15) is 18.7 Å². The van der Waals surface area contributed by atoms with Crippen molar-refractivity contribution >= 4 is 16.8 Å². The van der Waals surface area contributed by atoms with Crippen LogP contribution in [0.5, 0.6) is 11.5 Å². The van der Waals surface area contributed by atoms with Crippen molar-refractivity contribution in [2.75, 3.05) is 19.8 Å². The van der Waals surface area contributed by atoms with Crippen molar-refractivity contribution in [3.63, 3.8) is 0 Å². The number of rotatable bonds is 4. The number of fused-ring (bicyclic) bond motifs is 2. The molecule has 132 valence electrons. The molecule has 26 heavy (non-hydrogen) atoms. The second-order valence-corrected chi connectivity index (χ2v) is 5.72. The fraction of sp³-hybridized carbons (Fsp3) is 0.222. The van der Waals surface area contributed by atoms with E-state index in [0.29, 0.717) is 41.2 Å². The van der Waals surface area contributed by atoms with Gasteiger partial charge in [0.15, 0.2) is 11.5 Å². The molecule has 1 aliphatic heterocycles. The molecule has 2 aromatic carbocycles. The standard InChI is InChI=1S/C18H16N4O4/c23-17(13-5-3-7-15-16(13)26-11-10-25-15)19-8-9-22-18(24)12-4-1-2-6-14(12)20-21-22/h1-7H,8-11H2,(H,19,23). The van der Waals surface area contributed by atoms with E-state index < -0.39 is 0 Å². The van der Waals surface area contributed by atoms with Crippen molar-refractivity contribution in [1.29, 1.82) is 0 Å². The van der Waals surface area contributed by atoms with Crippen molar-refractivity contribution in [3.05, 3.63) is 58.4 Å². The summed E-state index contributed by atoms with van der Waals surface area (Å²) in [6, 6.07) is 12.2. The number of amides is 1. The first kappa shape index (κ1) is 16.1. The molecule has 0 fully saturated rings. The van der Waals surface area contributed by atoms with Gasteiger partial charge in [-0.3, -0.25) is 9.59 Å². The first-order valence-corrected chi connectivity index (χ1v) is 8.23. The number of ether oxygens (including phenoxy) is 2. The molecule has 3 aromatic rings. The Morgan fingerprint density at radius 1 is 1.12 bits per heavy atom. The quantitative estimate of drug-likeness (QED) is 0.752. The molecule has 0 aliphatic carbocycles. The maximum atomic E-state index is 12.4. The molecule has 0 saturated carbocycles. The number of para-hydroxylation sites is 1. The molecule has 1 amide bonds. The summed E-state index contributed by atoms with van der Waals surface area (Å²) in [6.07, 6.45) is 0. The molecule has 0 spiro atoms. The molecule has 1 aliphatic rings. The third kappa shape index (κ3) is 2.97. The lowest BCUT2D eigenvalue weighted by Crippen LogP contribution is -2.33. The van der Waals surface area contributed by atoms with E-state index in [0.717, 1.165) is 0 Å². The molecule has 1 aromatic heterocycles. The van der Waals surface area contributed by atoms with Gasteiger partial charge in [-0.15, -0.1) is 5.10 Å². The zero-order chi connectivity index (χ0) is 17.9. The van der Waals surface area contributed by atoms with Crippen LogP contribution in [0.15, 0.2) is 47.3 Å². The highest BCUT2D eigenvalue weighted by molar-refractivity contribution is 5.97. The van der Waals surface area contributed by atoms with Gasteiger partial charge >= 0.3 is 0 Å². The highest BCUT2D eigenvalue weighted by atomic mass is 16.6. The summed E-state index contributed by atoms with van der Waals surface area (Å²) < 4.78 is 12.3. The van der Waals surface area contributed by atoms with Crippen molar-refractivity contribution in [1.82, 2.24) is 20.3 Å². The molecule has 8 nitrogen and oxygen atoms in total. The van der Waals surface area contributed by atoms with Crippen LogP contribution in [0.2, 0.25) is 0 Å². The molecule has 4 rings (SSSR count). The molecule has 1 N–H and O–H groups in total. The first-order valence-electron chi connectivity index (χ1n) is 8.23. The number of hydrogen-bond acceptors (Lipinski definition) is 6. The summed E-state index contributed by atoms with van der Waals surface area (Å²) in [7, 11) is 0. The van der Waals surface area contributed by atoms with E-state index in [1.54, 1.807) is 42.5 Å². The number of nitrogens with zero attached hydrogens (tertiary/aromatic N) is 3. The van der Waals surface area contributed by atoms with Crippen LogP contribution in [0.25, 0.3) is 10.9 Å². The highest BCUT2D eigenvalue weighted by Crippen LogP contribution is 2.33. The maximum Gasteiger partial charge on any atom is 0.277 e. The Labute approximate surface area is 148 Å². The van der Waals surface area contributed by atoms with Crippen LogP contribution < -0.4 is 20.3 Å². The summed E-state index contributed by atoms with van der Waals surface area (Å²) in [5.74, 6) is 0.702. The number of nitrogens with one attached hydrogen (secondary N) is 1. The average Bonchev–Trinajstić information content (AvgIpc) is 2.69. The Bertz CT molecular complexity index is 1030. The molecule has 0 bridgehead atoms. The largest absolute Gasteiger partial charge is 0.486 e. The van der Waals surface area contributed by atoms with Gasteiger partial charge in [-0.1, -0.05) is 23.4 Å². The zero-order valence-corrected chi connectivity index (χ0v) is 13.8. The fourth-order valence-electron chi connectivity index (χ4n) is 2.79. The van der Waals surface area contributed by atoms with E-state index in [-0.39, 0.29) is 24.6 Å². The third-order valence-corrected chi connectivity index (χ3v) is 4.05. The SMILES string of the molecule is O=C(NCCn1nnc2ccccc2c1=O)c1cccc2c1OCCO2. The molecular weight excluding hydrogens is 336 g/mol. The Balaban J connectivity index is 1.46. The molecule has 0 saturated heterocycles. The van der Waals surface area contributed by atoms with E-state index in [1.807, 2.05) is 0 Å². The van der Waals surface area contributed by atoms with Crippen LogP contribution in [-0.2, 0) is 6.54 Å². The van der Waals surface area contributed by atoms with Gasteiger partial charge in [0.05, 0.1) is 17.5 Å². The van der Waals surface area contributed by atoms with Gasteiger partial charge in [-0.25, -0.2) is 4.68 Å². The van der Waals surface area contributed by atoms with E-state index in [4.69, 9.17) is 9.47 Å². The summed E-state index contributed by atoms with van der Waals surface area (Å²) in [6.45, 7) is 1.31. The van der Waals surface area contributed by atoms with Gasteiger partial charge in [0, 0.05) is 6.54 Å². The van der Waals surface area contributed by atoms with E-state index >= 15 is 0 Å². The van der Waals surface area contributed by atoms with Crippen LogP contribution in [0, 0.1) is 0 Å². The monoisotopic (exact) mass is 352 g/mol. The Morgan fingerprint density at radius 3 is 2.88 bits per heavy atom. The lowest BCUT2D eigenvalue weighted by Gasteiger charge is -2.20. The predicted octanol–water partition coefficient (Wildman–Crippen LogP) is 0.993. The van der Waals surface area contributed by atoms with Gasteiger partial charge in [-0.2, -0.15) is 0 Å². The van der Waals surface area contributed by atoms with E-state index in [2.05, 4.69) is 15.6 Å². The van der Waals surface area contributed by atoms with Gasteiger partial charge in [0.25, 0.3) is 11.5 Å². The predicted molar refractivity (Wildman–Crippen MR) is 93.6 cm³/mol. The second kappa shape index (κ2) is 6.83. The molecule has 0 unspecified atom stereocenters. The van der Waals surface area contributed by atoms with E-state index in [1.165, 1.54) is 4.68 Å². The van der Waals surface area contributed by atoms with Crippen molar-refractivity contribution in [3.8, 4) is 11.5 Å². The Hall–Kier alpha value is -3.42. The molecule has 8 heteroatoms. The van der Waals surface area contributed by atoms with Crippen LogP contribution in [0.3, 0.4) is 0 Å². The van der Waals surface area contributed by atoms with Crippen LogP contribution in [-0.4, -0.2) is 40.7 Å². The summed E-state index contributed by atoms with van der Waals surface area (Å²) >= 11 is 0. The zero-order valence-electron chi connectivity index (χ0n) is 13.8. The van der Waals surface area contributed by atoms with E-state index in [9.17, 15) is 9.59 Å². The minimum Gasteiger partial charge on any atom is -0.486 e. The second-order valence-electron chi connectivity index (χ2n) is 5.72. The lowest BCUT2D eigenvalue weighted by molar-refractivity contribution is 0.0940. The van der Waals surface area contributed by atoms with Gasteiger partial charge in [0.2, 0.25) is 0 Å². The smallest absolute Gasteiger partial charge is 0.277 e. The summed E-state index contributed by atoms with van der Waals surface area (Å²) in [5.41, 5.74) is 0.712. The summed E-state index contributed by atoms with van der Waals surface area (Å²) in [4.78, 5) is 24.8. The Kier molecular flexibility index (Phi) is 4.22. The van der Waals surface area contributed by atoms with Crippen molar-refractivity contribution in [2.24, 2.45) is 0 Å². The summed E-state index contributed by atoms with van der Waals surface area (Å²) in [5, 5.41) is 11.2. The number of carbonyl (C=O) groups is 1. The first-order chi connectivity index (χ1) is 12.7. The normalized spacial score (nSPS) is 12.8. The van der Waals surface area contributed by atoms with Gasteiger partial charge < -0.3 is 14.8 Å². The molecule has 0 atom stereocenters. The fourth-order valence-corrected chi connectivity index (χ4v) is 2.79. The van der Waals surface area contributed by atoms with Crippen molar-refractivity contribution in [2.45, 2.75) is 6.54 Å². The topological polar surface area (TPSA) is 95.3 Å². The highest BCUT2D eigenvalue weighted by Gasteiger charge is 2.20. The Morgan fingerprint density at radius 2 is 1.96 bits per heavy atom. The molecular formula is C18H16N4O4. The van der Waals surface area contributed by atoms with Crippen LogP contribution >= 0.6 is 0 Å². The maximum absolute atomic E-state index is 12.4. The van der Waals surface area contributed by atoms with Gasteiger partial charge in [-0.05, 0) is 24.3 Å². The minimum atomic E-state index is -0.297. The van der Waals surface area contributed by atoms with Crippen LogP contribution in [0.1, 0.15) is 10.4 Å². The molecule has 0 radical (unpaired) electrons. The number of hydrogen-bond donors (Lipinski definition) is 1. The number of benzene rings is 2. The minimum absolute atomic E-state index is 0.217. The average molecular weight is 352 g/mol. The number of aromatic nitrogens is 3. The lowest BCUT2D eigenvalue weighted by atomic mass is 10.1. The molecule has 2 heterocycles.